The highest BCUT2D eigenvalue weighted by Gasteiger charge is 1.74. The molecule has 0 fully saturated rings. The molecule has 0 atom stereocenters. The van der Waals surface area contributed by atoms with E-state index in [0.29, 0.717) is 0 Å². The van der Waals surface area contributed by atoms with Crippen LogP contribution < -0.4 is 0 Å². The van der Waals surface area contributed by atoms with Crippen molar-refractivity contribution in [3.05, 3.63) is 30.3 Å². The van der Waals surface area contributed by atoms with E-state index >= 15 is 0 Å². The predicted octanol–water partition coefficient (Wildman–Crippen LogP) is 2.24. The van der Waals surface area contributed by atoms with Crippen LogP contribution in [0.4, 0.5) is 0 Å². The van der Waals surface area contributed by atoms with Gasteiger partial charge in [0.2, 0.25) is 0 Å². The molecule has 0 aliphatic heterocycles. The van der Waals surface area contributed by atoms with Crippen LogP contribution in [0.2, 0.25) is 0 Å². The van der Waals surface area contributed by atoms with Crippen molar-refractivity contribution in [2.75, 3.05) is 0 Å². The van der Waals surface area contributed by atoms with Gasteiger partial charge in [-0.1, -0.05) is 30.8 Å². The molecule has 0 aliphatic rings. The van der Waals surface area contributed by atoms with Gasteiger partial charge in [0.15, 0.2) is 0 Å². The zero-order valence-electron chi connectivity index (χ0n) is 3.79. The van der Waals surface area contributed by atoms with E-state index in [2.05, 4.69) is 0 Å². The molecule has 1 aromatic rings. The molecule has 0 N–H and O–H groups in total. The minimum atomic E-state index is 0.905. The standard InChI is InChI=1S/C6H5S/c7-6-4-2-1-3-5-6/h1-5H/i6+2. The van der Waals surface area contributed by atoms with Crippen LogP contribution in [-0.4, -0.2) is 0 Å². The first kappa shape index (κ1) is 4.60. The molecular weight excluding hydrogens is 106 g/mol. The van der Waals surface area contributed by atoms with Crippen LogP contribution in [-0.2, 0) is 0 Å². The maximum Gasteiger partial charge on any atom is 0.0377 e. The lowest BCUT2D eigenvalue weighted by Crippen LogP contribution is -1.56. The van der Waals surface area contributed by atoms with E-state index in [4.69, 9.17) is 12.6 Å². The average Bonchev–Trinajstić information content (AvgIpc) is 1.69. The van der Waals surface area contributed by atoms with Crippen LogP contribution in [0.5, 0.6) is 0 Å². The van der Waals surface area contributed by atoms with E-state index < -0.39 is 0 Å². The molecule has 1 heteroatoms. The summed E-state index contributed by atoms with van der Waals surface area (Å²) in [6, 6.07) is 9.62. The van der Waals surface area contributed by atoms with Gasteiger partial charge in [-0.25, -0.2) is 0 Å². The molecule has 0 amide bonds. The lowest BCUT2D eigenvalue weighted by molar-refractivity contribution is 1.48. The second-order valence-corrected chi connectivity index (χ2v) is 1.78. The number of hydrogen-bond acceptors (Lipinski definition) is 0. The fourth-order valence-electron chi connectivity index (χ4n) is 0.420. The van der Waals surface area contributed by atoms with E-state index in [1.54, 1.807) is 0 Å². The minimum absolute atomic E-state index is 0.905. The summed E-state index contributed by atoms with van der Waals surface area (Å²) in [6.45, 7) is 0. The van der Waals surface area contributed by atoms with Gasteiger partial charge in [0, 0.05) is 4.90 Å². The molecular formula is C6H5S. The Morgan fingerprint density at radius 3 is 1.86 bits per heavy atom. The zero-order chi connectivity index (χ0) is 5.11. The van der Waals surface area contributed by atoms with Crippen molar-refractivity contribution >= 4 is 12.6 Å². The molecule has 1 aromatic carbocycles. The molecule has 1 radical (unpaired) electrons. The molecule has 0 bridgehead atoms. The lowest BCUT2D eigenvalue weighted by atomic mass is 10.5. The van der Waals surface area contributed by atoms with Gasteiger partial charge in [0.25, 0.3) is 0 Å². The smallest absolute Gasteiger partial charge is 0.0377 e. The first-order valence-corrected chi connectivity index (χ1v) is 2.52. The van der Waals surface area contributed by atoms with Gasteiger partial charge in [-0.3, -0.25) is 0 Å². The first-order valence-electron chi connectivity index (χ1n) is 2.11. The molecule has 0 heterocycles. The summed E-state index contributed by atoms with van der Waals surface area (Å²) < 4.78 is 0. The Bertz CT molecular complexity index is 134. The normalized spacial score (nSPS) is 8.57. The number of hydrogen-bond donors (Lipinski definition) is 0. The van der Waals surface area contributed by atoms with Gasteiger partial charge in [0.1, 0.15) is 0 Å². The minimum Gasteiger partial charge on any atom is -0.0801 e. The van der Waals surface area contributed by atoms with Gasteiger partial charge in [0.05, 0.1) is 0 Å². The van der Waals surface area contributed by atoms with Crippen molar-refractivity contribution in [1.82, 2.24) is 0 Å². The SMILES string of the molecule is [S][14c]1ccccc1. The summed E-state index contributed by atoms with van der Waals surface area (Å²) in [5, 5.41) is 0. The third-order valence-corrected chi connectivity index (χ3v) is 1.02. The Hall–Kier alpha value is -0.560. The molecule has 0 nitrogen and oxygen atoms in total. The van der Waals surface area contributed by atoms with Gasteiger partial charge in [-0.15, -0.1) is 0 Å². The molecule has 0 unspecified atom stereocenters. The lowest BCUT2D eigenvalue weighted by Gasteiger charge is -1.80. The van der Waals surface area contributed by atoms with Crippen molar-refractivity contribution < 1.29 is 0 Å². The molecule has 0 saturated heterocycles. The predicted molar refractivity (Wildman–Crippen MR) is 32.3 cm³/mol. The van der Waals surface area contributed by atoms with E-state index in [9.17, 15) is 0 Å². The third kappa shape index (κ3) is 1.16. The van der Waals surface area contributed by atoms with Crippen LogP contribution in [0.1, 0.15) is 0 Å². The molecule has 0 saturated carbocycles. The van der Waals surface area contributed by atoms with Gasteiger partial charge in [-0.05, 0) is 12.1 Å². The van der Waals surface area contributed by atoms with Crippen molar-refractivity contribution in [3.63, 3.8) is 0 Å². The monoisotopic (exact) mass is 111 g/mol. The second kappa shape index (κ2) is 1.94. The molecule has 35 valence electrons. The molecule has 0 spiro atoms. The zero-order valence-corrected chi connectivity index (χ0v) is 4.61. The highest BCUT2D eigenvalue weighted by atomic mass is 32.1. The van der Waals surface area contributed by atoms with E-state index in [1.165, 1.54) is 0 Å². The van der Waals surface area contributed by atoms with Crippen molar-refractivity contribution in [2.24, 2.45) is 0 Å². The van der Waals surface area contributed by atoms with Crippen LogP contribution in [0.15, 0.2) is 35.2 Å². The van der Waals surface area contributed by atoms with Crippen molar-refractivity contribution in [2.45, 2.75) is 4.90 Å². The highest BCUT2D eigenvalue weighted by molar-refractivity contribution is 7.80. The highest BCUT2D eigenvalue weighted by Crippen LogP contribution is 2.00. The third-order valence-electron chi connectivity index (χ3n) is 0.743. The molecule has 0 aromatic heterocycles. The summed E-state index contributed by atoms with van der Waals surface area (Å²) >= 11 is 4.81. The van der Waals surface area contributed by atoms with E-state index in [0.717, 1.165) is 4.90 Å². The van der Waals surface area contributed by atoms with Crippen LogP contribution >= 0.6 is 12.6 Å². The maximum absolute atomic E-state index is 4.81. The van der Waals surface area contributed by atoms with E-state index in [-0.39, 0.29) is 0 Å². The van der Waals surface area contributed by atoms with E-state index in [1.807, 2.05) is 30.3 Å². The quantitative estimate of drug-likeness (QED) is 0.481. The van der Waals surface area contributed by atoms with Crippen LogP contribution in [0, 0.1) is 0 Å². The van der Waals surface area contributed by atoms with Gasteiger partial charge in [-0.2, -0.15) is 0 Å². The largest absolute Gasteiger partial charge is 0.0801 e. The Morgan fingerprint density at radius 1 is 1.00 bits per heavy atom. The Labute approximate surface area is 48.6 Å². The molecule has 1 rings (SSSR count). The summed E-state index contributed by atoms with van der Waals surface area (Å²) in [5.74, 6) is 0. The molecule has 7 heavy (non-hydrogen) atoms. The molecule has 0 aliphatic carbocycles. The number of rotatable bonds is 0. The number of benzene rings is 1. The Morgan fingerprint density at radius 2 is 1.57 bits per heavy atom. The summed E-state index contributed by atoms with van der Waals surface area (Å²) in [7, 11) is 0. The summed E-state index contributed by atoms with van der Waals surface area (Å²) in [6.07, 6.45) is 0. The van der Waals surface area contributed by atoms with Crippen LogP contribution in [0.3, 0.4) is 0 Å². The summed E-state index contributed by atoms with van der Waals surface area (Å²) in [4.78, 5) is 0.905. The Balaban J connectivity index is 3.02. The topological polar surface area (TPSA) is 0 Å². The maximum atomic E-state index is 4.81. The first-order chi connectivity index (χ1) is 3.39. The van der Waals surface area contributed by atoms with Crippen molar-refractivity contribution in [1.29, 1.82) is 0 Å². The van der Waals surface area contributed by atoms with Gasteiger partial charge >= 0.3 is 0 Å². The fraction of sp³-hybridized carbons (Fsp3) is 0. The summed E-state index contributed by atoms with van der Waals surface area (Å²) in [5.41, 5.74) is 0. The van der Waals surface area contributed by atoms with Gasteiger partial charge < -0.3 is 0 Å². The van der Waals surface area contributed by atoms with Crippen molar-refractivity contribution in [3.8, 4) is 0 Å². The Kier molecular flexibility index (Phi) is 1.27. The fourth-order valence-corrected chi connectivity index (χ4v) is 0.578. The average molecular weight is 111 g/mol. The van der Waals surface area contributed by atoms with Crippen LogP contribution in [0.25, 0.3) is 0 Å². The second-order valence-electron chi connectivity index (χ2n) is 1.31.